The van der Waals surface area contributed by atoms with E-state index >= 15 is 0 Å². The van der Waals surface area contributed by atoms with Crippen molar-refractivity contribution in [2.24, 2.45) is 0 Å². The first-order chi connectivity index (χ1) is 5.17. The molecule has 0 radical (unpaired) electrons. The van der Waals surface area contributed by atoms with E-state index in [9.17, 15) is 4.79 Å². The summed E-state index contributed by atoms with van der Waals surface area (Å²) in [5, 5.41) is 1.08. The minimum absolute atomic E-state index is 0.287. The molecule has 0 saturated carbocycles. The maximum atomic E-state index is 11.1. The van der Waals surface area contributed by atoms with Gasteiger partial charge in [-0.2, -0.15) is 0 Å². The zero-order chi connectivity index (χ0) is 8.85. The maximum Gasteiger partial charge on any atom is 0.328 e. The Morgan fingerprint density at radius 2 is 2.36 bits per heavy atom. The van der Waals surface area contributed by atoms with E-state index in [1.807, 2.05) is 0 Å². The second-order valence-electron chi connectivity index (χ2n) is 2.07. The van der Waals surface area contributed by atoms with E-state index in [2.05, 4.69) is 9.68 Å². The normalized spacial score (nSPS) is 11.8. The lowest BCUT2D eigenvalue weighted by Gasteiger charge is -2.13. The third kappa shape index (κ3) is 2.56. The van der Waals surface area contributed by atoms with Crippen LogP contribution in [-0.2, 0) is 9.63 Å². The third-order valence-electron chi connectivity index (χ3n) is 1.41. The largest absolute Gasteiger partial charge is 0.328 e. The van der Waals surface area contributed by atoms with Crippen LogP contribution in [0.25, 0.3) is 4.85 Å². The molecule has 0 spiro atoms. The molecule has 0 fully saturated rings. The quantitative estimate of drug-likeness (QED) is 0.445. The van der Waals surface area contributed by atoms with E-state index in [-0.39, 0.29) is 5.91 Å². The lowest BCUT2D eigenvalue weighted by atomic mass is 10.2. The Morgan fingerprint density at radius 3 is 2.64 bits per heavy atom. The Kier molecular flexibility index (Phi) is 4.23. The molecule has 1 amide bonds. The van der Waals surface area contributed by atoms with E-state index in [0.29, 0.717) is 6.42 Å². The number of nitrogens with zero attached hydrogens (tertiary/aromatic N) is 2. The van der Waals surface area contributed by atoms with Crippen LogP contribution in [0.1, 0.15) is 13.3 Å². The summed E-state index contributed by atoms with van der Waals surface area (Å²) in [4.78, 5) is 18.9. The fourth-order valence-corrected chi connectivity index (χ4v) is 0.621. The van der Waals surface area contributed by atoms with Crippen LogP contribution in [0.4, 0.5) is 0 Å². The number of hydroxylamine groups is 2. The van der Waals surface area contributed by atoms with Gasteiger partial charge in [-0.1, -0.05) is 6.92 Å². The number of hydrogen-bond acceptors (Lipinski definition) is 2. The monoisotopic (exact) mass is 156 g/mol. The summed E-state index contributed by atoms with van der Waals surface area (Å²) < 4.78 is 0. The zero-order valence-corrected chi connectivity index (χ0v) is 7.00. The summed E-state index contributed by atoms with van der Waals surface area (Å²) in [6.07, 6.45) is 0.524. The lowest BCUT2D eigenvalue weighted by molar-refractivity contribution is -0.169. The number of carbonyl (C=O) groups excluding carboxylic acids is 1. The maximum absolute atomic E-state index is 11.1. The van der Waals surface area contributed by atoms with Crippen molar-refractivity contribution >= 4 is 5.91 Å². The molecule has 4 nitrogen and oxygen atoms in total. The van der Waals surface area contributed by atoms with Crippen LogP contribution < -0.4 is 0 Å². The Labute approximate surface area is 66.5 Å². The van der Waals surface area contributed by atoms with Gasteiger partial charge in [0.25, 0.3) is 0 Å². The summed E-state index contributed by atoms with van der Waals surface area (Å²) in [5.74, 6) is -0.287. The molecule has 0 aromatic heterocycles. The van der Waals surface area contributed by atoms with E-state index in [1.54, 1.807) is 6.92 Å². The highest BCUT2D eigenvalue weighted by Gasteiger charge is 2.24. The molecule has 0 aliphatic heterocycles. The molecule has 0 aliphatic carbocycles. The first kappa shape index (κ1) is 9.92. The number of likely N-dealkylation sites (N-methyl/N-ethyl adjacent to an activating group) is 1. The van der Waals surface area contributed by atoms with Crippen LogP contribution in [0.5, 0.6) is 0 Å². The molecule has 0 aliphatic rings. The Hall–Kier alpha value is -1.08. The average Bonchev–Trinajstić information content (AvgIpc) is 2.05. The van der Waals surface area contributed by atoms with Crippen LogP contribution in [0.15, 0.2) is 0 Å². The van der Waals surface area contributed by atoms with Crippen molar-refractivity contribution in [2.45, 2.75) is 19.4 Å². The summed E-state index contributed by atoms with van der Waals surface area (Å²) in [7, 11) is 2.89. The zero-order valence-electron chi connectivity index (χ0n) is 7.00. The van der Waals surface area contributed by atoms with Crippen LogP contribution in [0, 0.1) is 6.57 Å². The minimum Gasteiger partial charge on any atom is -0.303 e. The van der Waals surface area contributed by atoms with Crippen molar-refractivity contribution in [2.75, 3.05) is 14.2 Å². The summed E-state index contributed by atoms with van der Waals surface area (Å²) in [5.41, 5.74) is 0. The average molecular weight is 156 g/mol. The van der Waals surface area contributed by atoms with Crippen molar-refractivity contribution < 1.29 is 9.63 Å². The molecule has 1 atom stereocenters. The topological polar surface area (TPSA) is 33.9 Å². The van der Waals surface area contributed by atoms with E-state index in [0.717, 1.165) is 5.06 Å². The van der Waals surface area contributed by atoms with Gasteiger partial charge < -0.3 is 4.85 Å². The lowest BCUT2D eigenvalue weighted by Crippen LogP contribution is -2.33. The second kappa shape index (κ2) is 4.69. The van der Waals surface area contributed by atoms with Gasteiger partial charge in [0.1, 0.15) is 0 Å². The van der Waals surface area contributed by atoms with Crippen LogP contribution in [0.2, 0.25) is 0 Å². The van der Waals surface area contributed by atoms with E-state index in [1.165, 1.54) is 14.2 Å². The number of rotatable bonds is 3. The van der Waals surface area contributed by atoms with Gasteiger partial charge in [-0.05, 0) is 0 Å². The van der Waals surface area contributed by atoms with Gasteiger partial charge in [0.05, 0.1) is 7.11 Å². The molecule has 0 rings (SSSR count). The van der Waals surface area contributed by atoms with Crippen LogP contribution in [0.3, 0.4) is 0 Å². The number of carbonyl (C=O) groups is 1. The summed E-state index contributed by atoms with van der Waals surface area (Å²) in [6.45, 7) is 8.48. The number of hydrogen-bond donors (Lipinski definition) is 0. The fourth-order valence-electron chi connectivity index (χ4n) is 0.621. The van der Waals surface area contributed by atoms with Gasteiger partial charge in [-0.3, -0.25) is 9.63 Å². The third-order valence-corrected chi connectivity index (χ3v) is 1.41. The number of amides is 1. The van der Waals surface area contributed by atoms with Crippen LogP contribution >= 0.6 is 0 Å². The van der Waals surface area contributed by atoms with Gasteiger partial charge in [0.2, 0.25) is 0 Å². The molecule has 11 heavy (non-hydrogen) atoms. The van der Waals surface area contributed by atoms with Gasteiger partial charge in [-0.25, -0.2) is 11.6 Å². The molecule has 0 aromatic rings. The Bertz CT molecular complexity index is 174. The standard InChI is InChI=1S/C7H12N2O2/c1-5-6(8-2)7(10)9(3)11-4/h6H,5H2,1,3-4H3. The van der Waals surface area contributed by atoms with E-state index in [4.69, 9.17) is 6.57 Å². The molecule has 1 unspecified atom stereocenters. The van der Waals surface area contributed by atoms with Crippen LogP contribution in [-0.4, -0.2) is 31.2 Å². The highest BCUT2D eigenvalue weighted by atomic mass is 16.7. The molecular weight excluding hydrogens is 144 g/mol. The van der Waals surface area contributed by atoms with Crippen molar-refractivity contribution in [1.82, 2.24) is 5.06 Å². The summed E-state index contributed by atoms with van der Waals surface area (Å²) >= 11 is 0. The molecule has 62 valence electrons. The van der Waals surface area contributed by atoms with Crippen molar-refractivity contribution in [1.29, 1.82) is 0 Å². The summed E-state index contributed by atoms with van der Waals surface area (Å²) in [6, 6.07) is -0.597. The SMILES string of the molecule is [C-]#[N+]C(CC)C(=O)N(C)OC. The molecule has 0 bridgehead atoms. The van der Waals surface area contributed by atoms with Gasteiger partial charge >= 0.3 is 11.9 Å². The minimum atomic E-state index is -0.597. The van der Waals surface area contributed by atoms with Crippen molar-refractivity contribution in [3.63, 3.8) is 0 Å². The molecule has 0 heterocycles. The van der Waals surface area contributed by atoms with Crippen molar-refractivity contribution in [3.05, 3.63) is 11.4 Å². The molecule has 0 N–H and O–H groups in total. The van der Waals surface area contributed by atoms with E-state index < -0.39 is 6.04 Å². The second-order valence-corrected chi connectivity index (χ2v) is 2.07. The predicted molar refractivity (Wildman–Crippen MR) is 40.5 cm³/mol. The van der Waals surface area contributed by atoms with Gasteiger partial charge in [0, 0.05) is 13.5 Å². The highest BCUT2D eigenvalue weighted by molar-refractivity contribution is 5.82. The molecular formula is C7H12N2O2. The first-order valence-corrected chi connectivity index (χ1v) is 3.35. The van der Waals surface area contributed by atoms with Gasteiger partial charge in [0.15, 0.2) is 0 Å². The van der Waals surface area contributed by atoms with Crippen molar-refractivity contribution in [3.8, 4) is 0 Å². The molecule has 4 heteroatoms. The smallest absolute Gasteiger partial charge is 0.303 e. The molecule has 0 saturated heterocycles. The predicted octanol–water partition coefficient (Wildman–Crippen LogP) is 0.704. The van der Waals surface area contributed by atoms with Gasteiger partial charge in [-0.15, -0.1) is 0 Å². The Balaban J connectivity index is 4.12. The Morgan fingerprint density at radius 1 is 1.82 bits per heavy atom. The highest BCUT2D eigenvalue weighted by Crippen LogP contribution is 2.01. The molecule has 0 aromatic carbocycles. The first-order valence-electron chi connectivity index (χ1n) is 3.35. The fraction of sp³-hybridized carbons (Fsp3) is 0.714.